The van der Waals surface area contributed by atoms with Crippen molar-refractivity contribution in [3.8, 4) is 0 Å². The lowest BCUT2D eigenvalue weighted by Crippen LogP contribution is -2.06. The summed E-state index contributed by atoms with van der Waals surface area (Å²) < 4.78 is 0. The predicted octanol–water partition coefficient (Wildman–Crippen LogP) is 4.66. The van der Waals surface area contributed by atoms with E-state index in [1.54, 1.807) is 0 Å². The predicted molar refractivity (Wildman–Crippen MR) is 71.8 cm³/mol. The third kappa shape index (κ3) is 4.38. The molecule has 0 spiro atoms. The summed E-state index contributed by atoms with van der Waals surface area (Å²) in [7, 11) is 0. The first-order chi connectivity index (χ1) is 7.15. The number of alkyl halides is 1. The van der Waals surface area contributed by atoms with E-state index in [9.17, 15) is 0 Å². The van der Waals surface area contributed by atoms with Gasteiger partial charge in [0.1, 0.15) is 0 Å². The van der Waals surface area contributed by atoms with E-state index < -0.39 is 0 Å². The highest BCUT2D eigenvalue weighted by atomic mass is 79.9. The molecule has 0 aromatic heterocycles. The highest BCUT2D eigenvalue weighted by Gasteiger charge is 2.07. The van der Waals surface area contributed by atoms with Crippen LogP contribution in [0.1, 0.15) is 36.5 Å². The first kappa shape index (κ1) is 12.8. The molecular weight excluding hydrogens is 248 g/mol. The Hall–Kier alpha value is -0.300. The molecule has 0 aliphatic carbocycles. The van der Waals surface area contributed by atoms with Gasteiger partial charge in [0.15, 0.2) is 0 Å². The Morgan fingerprint density at radius 2 is 1.73 bits per heavy atom. The minimum absolute atomic E-state index is 0.788. The molecule has 1 heteroatoms. The van der Waals surface area contributed by atoms with E-state index in [1.165, 1.54) is 36.0 Å². The van der Waals surface area contributed by atoms with Crippen LogP contribution in [0.4, 0.5) is 0 Å². The molecule has 1 rings (SSSR count). The van der Waals surface area contributed by atoms with Crippen molar-refractivity contribution < 1.29 is 0 Å². The number of rotatable bonds is 5. The van der Waals surface area contributed by atoms with Gasteiger partial charge < -0.3 is 0 Å². The van der Waals surface area contributed by atoms with Crippen molar-refractivity contribution in [3.63, 3.8) is 0 Å². The van der Waals surface area contributed by atoms with E-state index in [1.807, 2.05) is 0 Å². The van der Waals surface area contributed by atoms with Crippen LogP contribution in [0.3, 0.4) is 0 Å². The standard InChI is InChI=1S/C14H21Br/c1-4-5-13(10-15)9-14-7-11(2)6-12(3)8-14/h6-8,13H,4-5,9-10H2,1-3H3. The topological polar surface area (TPSA) is 0 Å². The third-order valence-electron chi connectivity index (χ3n) is 2.72. The first-order valence-electron chi connectivity index (χ1n) is 5.78. The molecule has 0 aliphatic heterocycles. The summed E-state index contributed by atoms with van der Waals surface area (Å²) in [6.07, 6.45) is 3.81. The van der Waals surface area contributed by atoms with Gasteiger partial charge in [0.05, 0.1) is 0 Å². The fourth-order valence-electron chi connectivity index (χ4n) is 2.16. The molecule has 0 N–H and O–H groups in total. The number of hydrogen-bond acceptors (Lipinski definition) is 0. The number of benzene rings is 1. The van der Waals surface area contributed by atoms with Crippen LogP contribution in [0.5, 0.6) is 0 Å². The molecule has 0 heterocycles. The molecule has 0 saturated carbocycles. The van der Waals surface area contributed by atoms with Gasteiger partial charge in [-0.3, -0.25) is 0 Å². The minimum Gasteiger partial charge on any atom is -0.0925 e. The maximum atomic E-state index is 3.61. The zero-order valence-electron chi connectivity index (χ0n) is 10.0. The second-order valence-corrected chi connectivity index (χ2v) is 5.16. The molecule has 1 atom stereocenters. The summed E-state index contributed by atoms with van der Waals surface area (Å²) in [5.74, 6) is 0.788. The number of aryl methyl sites for hydroxylation is 2. The van der Waals surface area contributed by atoms with Crippen molar-refractivity contribution in [1.29, 1.82) is 0 Å². The second-order valence-electron chi connectivity index (χ2n) is 4.51. The molecule has 0 nitrogen and oxygen atoms in total. The van der Waals surface area contributed by atoms with E-state index in [0.29, 0.717) is 0 Å². The van der Waals surface area contributed by atoms with E-state index in [0.717, 1.165) is 11.2 Å². The van der Waals surface area contributed by atoms with Crippen molar-refractivity contribution in [3.05, 3.63) is 34.9 Å². The maximum Gasteiger partial charge on any atom is 0.00628 e. The summed E-state index contributed by atoms with van der Waals surface area (Å²) in [4.78, 5) is 0. The lowest BCUT2D eigenvalue weighted by Gasteiger charge is -2.13. The smallest absolute Gasteiger partial charge is 0.00628 e. The number of hydrogen-bond donors (Lipinski definition) is 0. The summed E-state index contributed by atoms with van der Waals surface area (Å²) in [6.45, 7) is 6.62. The minimum atomic E-state index is 0.788. The summed E-state index contributed by atoms with van der Waals surface area (Å²) in [5, 5.41) is 1.12. The van der Waals surface area contributed by atoms with Crippen molar-refractivity contribution in [2.75, 3.05) is 5.33 Å². The average Bonchev–Trinajstić information content (AvgIpc) is 2.15. The van der Waals surface area contributed by atoms with Crippen LogP contribution in [0.15, 0.2) is 18.2 Å². The zero-order valence-corrected chi connectivity index (χ0v) is 11.6. The fourth-order valence-corrected chi connectivity index (χ4v) is 2.71. The van der Waals surface area contributed by atoms with E-state index in [4.69, 9.17) is 0 Å². The summed E-state index contributed by atoms with van der Waals surface area (Å²) in [5.41, 5.74) is 4.26. The van der Waals surface area contributed by atoms with Crippen molar-refractivity contribution >= 4 is 15.9 Å². The van der Waals surface area contributed by atoms with Crippen LogP contribution in [0.25, 0.3) is 0 Å². The molecule has 0 bridgehead atoms. The summed E-state index contributed by atoms with van der Waals surface area (Å²) in [6, 6.07) is 6.88. The lowest BCUT2D eigenvalue weighted by molar-refractivity contribution is 0.534. The van der Waals surface area contributed by atoms with Crippen LogP contribution in [0, 0.1) is 19.8 Å². The van der Waals surface area contributed by atoms with Crippen molar-refractivity contribution in [2.24, 2.45) is 5.92 Å². The molecule has 0 fully saturated rings. The molecule has 0 aliphatic rings. The van der Waals surface area contributed by atoms with E-state index in [2.05, 4.69) is 54.9 Å². The largest absolute Gasteiger partial charge is 0.0925 e. The average molecular weight is 269 g/mol. The molecule has 15 heavy (non-hydrogen) atoms. The van der Waals surface area contributed by atoms with Gasteiger partial charge in [0.25, 0.3) is 0 Å². The molecule has 0 radical (unpaired) electrons. The quantitative estimate of drug-likeness (QED) is 0.682. The van der Waals surface area contributed by atoms with Gasteiger partial charge in [0.2, 0.25) is 0 Å². The van der Waals surface area contributed by atoms with Crippen molar-refractivity contribution in [1.82, 2.24) is 0 Å². The Labute approximate surface area is 102 Å². The lowest BCUT2D eigenvalue weighted by atomic mass is 9.95. The molecular formula is C14H21Br. The summed E-state index contributed by atoms with van der Waals surface area (Å²) >= 11 is 3.61. The Morgan fingerprint density at radius 3 is 2.20 bits per heavy atom. The normalized spacial score (nSPS) is 12.8. The molecule has 0 saturated heterocycles. The third-order valence-corrected chi connectivity index (χ3v) is 3.64. The van der Waals surface area contributed by atoms with Crippen LogP contribution in [0.2, 0.25) is 0 Å². The maximum absolute atomic E-state index is 3.61. The van der Waals surface area contributed by atoms with Crippen LogP contribution >= 0.6 is 15.9 Å². The highest BCUT2D eigenvalue weighted by Crippen LogP contribution is 2.18. The van der Waals surface area contributed by atoms with Crippen molar-refractivity contribution in [2.45, 2.75) is 40.0 Å². The Balaban J connectivity index is 2.69. The van der Waals surface area contributed by atoms with Gasteiger partial charge in [-0.15, -0.1) is 0 Å². The Bertz CT molecular complexity index is 284. The molecule has 1 unspecified atom stereocenters. The van der Waals surface area contributed by atoms with Crippen LogP contribution in [-0.2, 0) is 6.42 Å². The number of halogens is 1. The van der Waals surface area contributed by atoms with Gasteiger partial charge in [-0.05, 0) is 38.2 Å². The van der Waals surface area contributed by atoms with E-state index >= 15 is 0 Å². The van der Waals surface area contributed by atoms with Gasteiger partial charge in [-0.2, -0.15) is 0 Å². The Morgan fingerprint density at radius 1 is 1.13 bits per heavy atom. The van der Waals surface area contributed by atoms with E-state index in [-0.39, 0.29) is 0 Å². The molecule has 1 aromatic rings. The van der Waals surface area contributed by atoms with Gasteiger partial charge in [0, 0.05) is 5.33 Å². The molecule has 1 aromatic carbocycles. The second kappa shape index (κ2) is 6.32. The fraction of sp³-hybridized carbons (Fsp3) is 0.571. The molecule has 84 valence electrons. The van der Waals surface area contributed by atoms with Gasteiger partial charge in [-0.1, -0.05) is 58.6 Å². The van der Waals surface area contributed by atoms with Gasteiger partial charge >= 0.3 is 0 Å². The van der Waals surface area contributed by atoms with Gasteiger partial charge in [-0.25, -0.2) is 0 Å². The highest BCUT2D eigenvalue weighted by molar-refractivity contribution is 9.09. The van der Waals surface area contributed by atoms with Crippen LogP contribution in [-0.4, -0.2) is 5.33 Å². The Kier molecular flexibility index (Phi) is 5.38. The first-order valence-corrected chi connectivity index (χ1v) is 6.91. The van der Waals surface area contributed by atoms with Crippen LogP contribution < -0.4 is 0 Å². The monoisotopic (exact) mass is 268 g/mol. The molecule has 0 amide bonds. The zero-order chi connectivity index (χ0) is 11.3. The SMILES string of the molecule is CCCC(CBr)Cc1cc(C)cc(C)c1.